The third kappa shape index (κ3) is 6.15. The van der Waals surface area contributed by atoms with Gasteiger partial charge in [-0.3, -0.25) is 9.59 Å². The molecule has 2 N–H and O–H groups in total. The van der Waals surface area contributed by atoms with Crippen LogP contribution in [0.25, 0.3) is 0 Å². The summed E-state index contributed by atoms with van der Waals surface area (Å²) in [6.45, 7) is 1.39. The molecule has 2 rings (SSSR count). The van der Waals surface area contributed by atoms with Crippen molar-refractivity contribution in [3.63, 3.8) is 0 Å². The van der Waals surface area contributed by atoms with Gasteiger partial charge in [0.25, 0.3) is 0 Å². The van der Waals surface area contributed by atoms with E-state index in [9.17, 15) is 22.8 Å². The number of hydrogen-bond donors (Lipinski definition) is 2. The van der Waals surface area contributed by atoms with E-state index in [4.69, 9.17) is 0 Å². The van der Waals surface area contributed by atoms with Crippen molar-refractivity contribution in [1.29, 1.82) is 0 Å². The monoisotopic (exact) mass is 368 g/mol. The van der Waals surface area contributed by atoms with E-state index in [1.807, 2.05) is 0 Å². The standard InChI is InChI=1S/C17H15F3N2O2S/c1-11(23)21-13-5-7-14(8-6-13)22-16(24)10-25-15-4-2-3-12(9-15)17(18,19)20/h2-9H,10H2,1H3,(H,21,23)(H,22,24). The van der Waals surface area contributed by atoms with Crippen LogP contribution in [0.1, 0.15) is 12.5 Å². The van der Waals surface area contributed by atoms with Crippen LogP contribution >= 0.6 is 11.8 Å². The van der Waals surface area contributed by atoms with Gasteiger partial charge in [0.05, 0.1) is 11.3 Å². The SMILES string of the molecule is CC(=O)Nc1ccc(NC(=O)CSc2cccc(C(F)(F)F)c2)cc1. The van der Waals surface area contributed by atoms with E-state index < -0.39 is 11.7 Å². The van der Waals surface area contributed by atoms with E-state index in [1.165, 1.54) is 19.1 Å². The fourth-order valence-electron chi connectivity index (χ4n) is 1.95. The molecule has 2 amide bonds. The van der Waals surface area contributed by atoms with E-state index in [0.29, 0.717) is 16.3 Å². The van der Waals surface area contributed by atoms with Crippen LogP contribution in [0.4, 0.5) is 24.5 Å². The van der Waals surface area contributed by atoms with Gasteiger partial charge in [0.15, 0.2) is 0 Å². The van der Waals surface area contributed by atoms with E-state index >= 15 is 0 Å². The molecule has 132 valence electrons. The Kier molecular flexibility index (Phi) is 6.08. The lowest BCUT2D eigenvalue weighted by Crippen LogP contribution is -2.14. The van der Waals surface area contributed by atoms with Crippen molar-refractivity contribution >= 4 is 35.0 Å². The summed E-state index contributed by atoms with van der Waals surface area (Å²) >= 11 is 1.02. The average molecular weight is 368 g/mol. The van der Waals surface area contributed by atoms with Gasteiger partial charge in [0.2, 0.25) is 11.8 Å². The number of rotatable bonds is 5. The number of carbonyl (C=O) groups is 2. The Morgan fingerprint density at radius 3 is 2.16 bits per heavy atom. The molecule has 0 aliphatic rings. The minimum Gasteiger partial charge on any atom is -0.326 e. The first-order valence-corrected chi connectivity index (χ1v) is 8.20. The predicted molar refractivity (Wildman–Crippen MR) is 91.5 cm³/mol. The van der Waals surface area contributed by atoms with Crippen molar-refractivity contribution in [2.24, 2.45) is 0 Å². The van der Waals surface area contributed by atoms with Crippen molar-refractivity contribution < 1.29 is 22.8 Å². The molecule has 0 spiro atoms. The first-order chi connectivity index (χ1) is 11.7. The van der Waals surface area contributed by atoms with Gasteiger partial charge in [-0.2, -0.15) is 13.2 Å². The number of anilines is 2. The highest BCUT2D eigenvalue weighted by atomic mass is 32.2. The lowest BCUT2D eigenvalue weighted by atomic mass is 10.2. The zero-order valence-corrected chi connectivity index (χ0v) is 14.0. The molecular formula is C17H15F3N2O2S. The molecule has 0 aliphatic carbocycles. The summed E-state index contributed by atoms with van der Waals surface area (Å²) in [5, 5.41) is 5.24. The number of amides is 2. The van der Waals surface area contributed by atoms with Gasteiger partial charge in [-0.15, -0.1) is 11.8 Å². The van der Waals surface area contributed by atoms with Crippen LogP contribution in [-0.2, 0) is 15.8 Å². The summed E-state index contributed by atoms with van der Waals surface area (Å²) < 4.78 is 38.0. The molecule has 0 unspecified atom stereocenters. The van der Waals surface area contributed by atoms with Crippen LogP contribution in [0.15, 0.2) is 53.4 Å². The lowest BCUT2D eigenvalue weighted by molar-refractivity contribution is -0.137. The topological polar surface area (TPSA) is 58.2 Å². The van der Waals surface area contributed by atoms with Crippen molar-refractivity contribution in [2.45, 2.75) is 18.0 Å². The smallest absolute Gasteiger partial charge is 0.326 e. The molecule has 2 aromatic carbocycles. The number of benzene rings is 2. The first kappa shape index (κ1) is 18.9. The maximum atomic E-state index is 12.7. The van der Waals surface area contributed by atoms with Crippen LogP contribution in [-0.4, -0.2) is 17.6 Å². The number of nitrogens with one attached hydrogen (secondary N) is 2. The number of alkyl halides is 3. The summed E-state index contributed by atoms with van der Waals surface area (Å²) in [5.74, 6) is -0.557. The normalized spacial score (nSPS) is 11.0. The molecule has 0 saturated carbocycles. The molecule has 0 heterocycles. The van der Waals surface area contributed by atoms with Gasteiger partial charge in [-0.25, -0.2) is 0 Å². The molecule has 0 atom stereocenters. The zero-order chi connectivity index (χ0) is 18.4. The molecular weight excluding hydrogens is 353 g/mol. The Morgan fingerprint density at radius 1 is 1.00 bits per heavy atom. The lowest BCUT2D eigenvalue weighted by Gasteiger charge is -2.09. The van der Waals surface area contributed by atoms with Gasteiger partial charge in [-0.1, -0.05) is 6.07 Å². The van der Waals surface area contributed by atoms with Crippen LogP contribution in [0.5, 0.6) is 0 Å². The van der Waals surface area contributed by atoms with Crippen LogP contribution in [0.3, 0.4) is 0 Å². The Bertz CT molecular complexity index is 761. The highest BCUT2D eigenvalue weighted by Crippen LogP contribution is 2.31. The minimum absolute atomic E-state index is 0.0191. The van der Waals surface area contributed by atoms with Gasteiger partial charge >= 0.3 is 6.18 Å². The Labute approximate surface area is 146 Å². The predicted octanol–water partition coefficient (Wildman–Crippen LogP) is 4.39. The summed E-state index contributed by atoms with van der Waals surface area (Å²) in [5.41, 5.74) is 0.388. The fraction of sp³-hybridized carbons (Fsp3) is 0.176. The summed E-state index contributed by atoms with van der Waals surface area (Å²) in [6, 6.07) is 11.4. The fourth-order valence-corrected chi connectivity index (χ4v) is 2.70. The Morgan fingerprint density at radius 2 is 1.60 bits per heavy atom. The molecule has 2 aromatic rings. The quantitative estimate of drug-likeness (QED) is 0.770. The van der Waals surface area contributed by atoms with E-state index in [2.05, 4.69) is 10.6 Å². The third-order valence-electron chi connectivity index (χ3n) is 3.02. The number of carbonyl (C=O) groups excluding carboxylic acids is 2. The van der Waals surface area contributed by atoms with Crippen LogP contribution in [0, 0.1) is 0 Å². The molecule has 0 aromatic heterocycles. The van der Waals surface area contributed by atoms with Crippen molar-refractivity contribution in [3.8, 4) is 0 Å². The second-order valence-electron chi connectivity index (χ2n) is 5.12. The highest BCUT2D eigenvalue weighted by molar-refractivity contribution is 8.00. The van der Waals surface area contributed by atoms with Crippen LogP contribution < -0.4 is 10.6 Å². The number of hydrogen-bond acceptors (Lipinski definition) is 3. The Hall–Kier alpha value is -2.48. The van der Waals surface area contributed by atoms with E-state index in [1.54, 1.807) is 24.3 Å². The molecule has 0 radical (unpaired) electrons. The van der Waals surface area contributed by atoms with Gasteiger partial charge in [0.1, 0.15) is 0 Å². The first-order valence-electron chi connectivity index (χ1n) is 7.21. The third-order valence-corrected chi connectivity index (χ3v) is 4.01. The van der Waals surface area contributed by atoms with Gasteiger partial charge in [0, 0.05) is 23.2 Å². The molecule has 0 bridgehead atoms. The van der Waals surface area contributed by atoms with Crippen molar-refractivity contribution in [1.82, 2.24) is 0 Å². The maximum absolute atomic E-state index is 12.7. The summed E-state index contributed by atoms with van der Waals surface area (Å²) in [4.78, 5) is 23.2. The maximum Gasteiger partial charge on any atom is 0.416 e. The molecule has 8 heteroatoms. The van der Waals surface area contributed by atoms with Crippen molar-refractivity contribution in [2.75, 3.05) is 16.4 Å². The molecule has 0 saturated heterocycles. The highest BCUT2D eigenvalue weighted by Gasteiger charge is 2.30. The molecule has 0 aliphatic heterocycles. The van der Waals surface area contributed by atoms with Crippen molar-refractivity contribution in [3.05, 3.63) is 54.1 Å². The van der Waals surface area contributed by atoms with E-state index in [0.717, 1.165) is 23.9 Å². The molecule has 25 heavy (non-hydrogen) atoms. The van der Waals surface area contributed by atoms with E-state index in [-0.39, 0.29) is 17.6 Å². The van der Waals surface area contributed by atoms with Gasteiger partial charge < -0.3 is 10.6 Å². The minimum atomic E-state index is -4.41. The number of halogens is 3. The average Bonchev–Trinajstić information content (AvgIpc) is 2.54. The van der Waals surface area contributed by atoms with Crippen LogP contribution in [0.2, 0.25) is 0 Å². The second-order valence-corrected chi connectivity index (χ2v) is 6.17. The number of thioether (sulfide) groups is 1. The largest absolute Gasteiger partial charge is 0.416 e. The molecule has 0 fully saturated rings. The van der Waals surface area contributed by atoms with Gasteiger partial charge in [-0.05, 0) is 42.5 Å². The molecule has 4 nitrogen and oxygen atoms in total. The second kappa shape index (κ2) is 8.06. The zero-order valence-electron chi connectivity index (χ0n) is 13.2. The summed E-state index contributed by atoms with van der Waals surface area (Å²) in [7, 11) is 0. The summed E-state index contributed by atoms with van der Waals surface area (Å²) in [6.07, 6.45) is -4.41. The Balaban J connectivity index is 1.89.